The van der Waals surface area contributed by atoms with Crippen LogP contribution in [-0.2, 0) is 44.5 Å². The van der Waals surface area contributed by atoms with Gasteiger partial charge in [0.05, 0.1) is 123 Å². The highest BCUT2D eigenvalue weighted by Gasteiger charge is 2.06. The molecule has 1 heterocycles. The van der Waals surface area contributed by atoms with Crippen molar-refractivity contribution in [3.63, 3.8) is 0 Å². The Balaban J connectivity index is 2.03. The number of aliphatic imine (C=N–C) groups is 1. The molecule has 0 atom stereocenters. The van der Waals surface area contributed by atoms with Crippen LogP contribution in [0.15, 0.2) is 53.3 Å². The summed E-state index contributed by atoms with van der Waals surface area (Å²) in [6, 6.07) is 3.85. The average molecular weight is 665 g/mol. The molecule has 0 radical (unpaired) electrons. The van der Waals surface area contributed by atoms with Crippen molar-refractivity contribution in [1.82, 2.24) is 10.3 Å². The highest BCUT2D eigenvalue weighted by molar-refractivity contribution is 5.83. The lowest BCUT2D eigenvalue weighted by Gasteiger charge is -2.09. The number of pyridine rings is 1. The second kappa shape index (κ2) is 29.2. The fraction of sp³-hybridized carbons (Fsp3) is 0.618. The van der Waals surface area contributed by atoms with Crippen LogP contribution in [0.3, 0.4) is 0 Å². The summed E-state index contributed by atoms with van der Waals surface area (Å²) in [4.78, 5) is 21.2. The minimum atomic E-state index is -0.112. The molecule has 0 fully saturated rings. The second-order valence-corrected chi connectivity index (χ2v) is 10.1. The van der Waals surface area contributed by atoms with Gasteiger partial charge in [-0.15, -0.1) is 0 Å². The van der Waals surface area contributed by atoms with E-state index in [9.17, 15) is 4.79 Å². The van der Waals surface area contributed by atoms with Crippen LogP contribution < -0.4 is 11.1 Å². The minimum absolute atomic E-state index is 0.0169. The third-order valence-corrected chi connectivity index (χ3v) is 6.23. The van der Waals surface area contributed by atoms with E-state index in [1.54, 1.807) is 6.20 Å². The maximum Gasteiger partial charge on any atom is 0.222 e. The largest absolute Gasteiger partial charge is 0.394 e. The summed E-state index contributed by atoms with van der Waals surface area (Å²) < 4.78 is 37.7. The molecule has 0 aliphatic rings. The zero-order chi connectivity index (χ0) is 34.4. The van der Waals surface area contributed by atoms with Crippen molar-refractivity contribution in [3.05, 3.63) is 59.6 Å². The van der Waals surface area contributed by atoms with E-state index >= 15 is 0 Å². The number of ether oxygens (including phenoxy) is 7. The van der Waals surface area contributed by atoms with Crippen molar-refractivity contribution in [2.75, 3.05) is 99.1 Å². The second-order valence-electron chi connectivity index (χ2n) is 10.1. The Kier molecular flexibility index (Phi) is 26.1. The molecule has 0 saturated carbocycles. The number of nitrogens with one attached hydrogen (secondary N) is 1. The van der Waals surface area contributed by atoms with E-state index in [0.717, 1.165) is 28.1 Å². The normalized spacial score (nSPS) is 12.5. The van der Waals surface area contributed by atoms with Crippen LogP contribution in [0.4, 0.5) is 0 Å². The molecule has 1 amide bonds. The fourth-order valence-electron chi connectivity index (χ4n) is 3.59. The number of hydrogen-bond acceptors (Lipinski definition) is 11. The standard InChI is InChI=1S/C34H56N4O9/c1-5-29(25-32(28(3)4)38-33(35)6-2)30-7-8-31(36-26-30)27-37-34(40)9-11-41-13-15-43-17-19-45-21-23-47-24-22-46-20-18-44-16-14-42-12-10-39/h5,7-8,25-26,39H,3,6,9-24,27H2,1-2,4H3,(H2,35,38)(H,37,40)/b29-5+,32-25+. The molecule has 1 rings (SSSR count). The molecule has 0 aliphatic carbocycles. The zero-order valence-corrected chi connectivity index (χ0v) is 28.5. The van der Waals surface area contributed by atoms with E-state index in [1.807, 2.05) is 45.1 Å². The molecule has 0 saturated heterocycles. The molecular formula is C34H56N4O9. The number of hydrogen-bond donors (Lipinski definition) is 3. The van der Waals surface area contributed by atoms with Gasteiger partial charge in [-0.25, -0.2) is 4.99 Å². The topological polar surface area (TPSA) is 165 Å². The predicted molar refractivity (Wildman–Crippen MR) is 182 cm³/mol. The highest BCUT2D eigenvalue weighted by Crippen LogP contribution is 2.21. The van der Waals surface area contributed by atoms with Gasteiger partial charge in [0.1, 0.15) is 0 Å². The Morgan fingerprint density at radius 2 is 1.36 bits per heavy atom. The number of rotatable bonds is 30. The lowest BCUT2D eigenvalue weighted by atomic mass is 10.0. The monoisotopic (exact) mass is 664 g/mol. The number of aromatic nitrogens is 1. The first kappa shape index (κ1) is 42.0. The van der Waals surface area contributed by atoms with Crippen LogP contribution in [-0.4, -0.2) is 121 Å². The summed E-state index contributed by atoms with van der Waals surface area (Å²) in [5.74, 6) is 0.438. The lowest BCUT2D eigenvalue weighted by Crippen LogP contribution is -2.24. The van der Waals surface area contributed by atoms with Crippen molar-refractivity contribution in [3.8, 4) is 0 Å². The van der Waals surface area contributed by atoms with Crippen LogP contribution >= 0.6 is 0 Å². The Labute approximate surface area is 280 Å². The first-order chi connectivity index (χ1) is 22.9. The summed E-state index contributed by atoms with van der Waals surface area (Å²) in [7, 11) is 0. The summed E-state index contributed by atoms with van der Waals surface area (Å²) in [6.07, 6.45) is 6.61. The van der Waals surface area contributed by atoms with Crippen LogP contribution in [0.2, 0.25) is 0 Å². The van der Waals surface area contributed by atoms with Crippen molar-refractivity contribution in [1.29, 1.82) is 0 Å². The predicted octanol–water partition coefficient (Wildman–Crippen LogP) is 2.83. The number of carbonyl (C=O) groups is 1. The van der Waals surface area contributed by atoms with E-state index in [-0.39, 0.29) is 18.9 Å². The molecule has 0 bridgehead atoms. The number of carbonyl (C=O) groups excluding carboxylic acids is 1. The van der Waals surface area contributed by atoms with Gasteiger partial charge in [-0.2, -0.15) is 0 Å². The molecule has 1 aromatic heterocycles. The summed E-state index contributed by atoms with van der Waals surface area (Å²) >= 11 is 0. The molecule has 47 heavy (non-hydrogen) atoms. The smallest absolute Gasteiger partial charge is 0.222 e. The first-order valence-electron chi connectivity index (χ1n) is 16.1. The molecule has 0 spiro atoms. The zero-order valence-electron chi connectivity index (χ0n) is 28.5. The third-order valence-electron chi connectivity index (χ3n) is 6.23. The van der Waals surface area contributed by atoms with E-state index < -0.39 is 0 Å². The lowest BCUT2D eigenvalue weighted by molar-refractivity contribution is -0.122. The van der Waals surface area contributed by atoms with Gasteiger partial charge < -0.3 is 49.3 Å². The molecule has 4 N–H and O–H groups in total. The third kappa shape index (κ3) is 23.0. The Bertz CT molecular complexity index is 1060. The van der Waals surface area contributed by atoms with Crippen molar-refractivity contribution in [2.45, 2.75) is 40.2 Å². The van der Waals surface area contributed by atoms with Crippen LogP contribution in [0.1, 0.15) is 44.9 Å². The van der Waals surface area contributed by atoms with E-state index in [0.29, 0.717) is 111 Å². The van der Waals surface area contributed by atoms with Crippen LogP contribution in [0, 0.1) is 0 Å². The Morgan fingerprint density at radius 3 is 1.77 bits per heavy atom. The molecule has 0 aliphatic heterocycles. The van der Waals surface area contributed by atoms with Gasteiger partial charge in [0.15, 0.2) is 0 Å². The number of nitrogens with two attached hydrogens (primary N) is 1. The van der Waals surface area contributed by atoms with Crippen molar-refractivity contribution < 1.29 is 43.1 Å². The number of aliphatic hydroxyl groups is 1. The molecule has 13 nitrogen and oxygen atoms in total. The van der Waals surface area contributed by atoms with E-state index in [1.165, 1.54) is 0 Å². The van der Waals surface area contributed by atoms with Gasteiger partial charge in [0, 0.05) is 19.0 Å². The Morgan fingerprint density at radius 1 is 0.872 bits per heavy atom. The molecule has 1 aromatic rings. The van der Waals surface area contributed by atoms with Crippen molar-refractivity contribution >= 4 is 17.3 Å². The van der Waals surface area contributed by atoms with Crippen LogP contribution in [0.25, 0.3) is 5.57 Å². The number of nitrogens with zero attached hydrogens (tertiary/aromatic N) is 2. The van der Waals surface area contributed by atoms with E-state index in [4.69, 9.17) is 44.0 Å². The Hall–Kier alpha value is -3.01. The fourth-order valence-corrected chi connectivity index (χ4v) is 3.59. The van der Waals surface area contributed by atoms with Gasteiger partial charge in [-0.3, -0.25) is 9.78 Å². The molecular weight excluding hydrogens is 608 g/mol. The first-order valence-corrected chi connectivity index (χ1v) is 16.1. The van der Waals surface area contributed by atoms with E-state index in [2.05, 4.69) is 21.9 Å². The van der Waals surface area contributed by atoms with Gasteiger partial charge in [-0.05, 0) is 42.7 Å². The molecule has 13 heteroatoms. The minimum Gasteiger partial charge on any atom is -0.394 e. The molecule has 0 aromatic carbocycles. The molecule has 0 unspecified atom stereocenters. The van der Waals surface area contributed by atoms with Gasteiger partial charge >= 0.3 is 0 Å². The number of aliphatic hydroxyl groups excluding tert-OH is 1. The summed E-state index contributed by atoms with van der Waals surface area (Å²) in [6.45, 7) is 16.3. The SMILES string of the molecule is C=C(C)/C(=C\C(=C/C)c1ccc(CNC(=O)CCOCCOCCOCCOCCOCCOCCOCCO)nc1)N=C(N)CC. The summed E-state index contributed by atoms with van der Waals surface area (Å²) in [5, 5.41) is 11.5. The highest BCUT2D eigenvalue weighted by atomic mass is 16.6. The van der Waals surface area contributed by atoms with Crippen molar-refractivity contribution in [2.24, 2.45) is 10.7 Å². The average Bonchev–Trinajstić information content (AvgIpc) is 3.08. The number of amidine groups is 1. The summed E-state index contributed by atoms with van der Waals surface area (Å²) in [5.41, 5.74) is 10.1. The maximum atomic E-state index is 12.2. The van der Waals surface area contributed by atoms with Gasteiger partial charge in [0.25, 0.3) is 0 Å². The van der Waals surface area contributed by atoms with Gasteiger partial charge in [-0.1, -0.05) is 25.6 Å². The maximum absolute atomic E-state index is 12.2. The number of allylic oxidation sites excluding steroid dienone is 4. The van der Waals surface area contributed by atoms with Crippen LogP contribution in [0.5, 0.6) is 0 Å². The van der Waals surface area contributed by atoms with Gasteiger partial charge in [0.2, 0.25) is 5.91 Å². The quantitative estimate of drug-likeness (QED) is 0.0479. The number of amides is 1. The molecule has 266 valence electrons.